The van der Waals surface area contributed by atoms with Gasteiger partial charge in [0, 0.05) is 5.69 Å². The maximum Gasteiger partial charge on any atom is 0.342 e. The number of esters is 1. The van der Waals surface area contributed by atoms with Gasteiger partial charge in [0.2, 0.25) is 0 Å². The molecule has 0 aromatic heterocycles. The minimum atomic E-state index is -0.623. The van der Waals surface area contributed by atoms with Crippen molar-refractivity contribution in [3.63, 3.8) is 0 Å². The van der Waals surface area contributed by atoms with Crippen LogP contribution in [-0.4, -0.2) is 18.5 Å². The zero-order valence-corrected chi connectivity index (χ0v) is 15.8. The van der Waals surface area contributed by atoms with Crippen molar-refractivity contribution in [2.45, 2.75) is 13.8 Å². The number of rotatable bonds is 6. The molecule has 142 valence electrons. The SMILES string of the molecule is Cc1cccc(NC(=O)COC(=O)c2ccccc2Oc2ccccc2)c1C. The van der Waals surface area contributed by atoms with Crippen molar-refractivity contribution in [3.05, 3.63) is 89.5 Å². The second-order valence-corrected chi connectivity index (χ2v) is 6.28. The smallest absolute Gasteiger partial charge is 0.342 e. The standard InChI is InChI=1S/C23H21NO4/c1-16-9-8-13-20(17(16)2)24-22(25)15-27-23(26)19-12-6-7-14-21(19)28-18-10-4-3-5-11-18/h3-14H,15H2,1-2H3,(H,24,25). The Morgan fingerprint density at radius 1 is 0.857 bits per heavy atom. The summed E-state index contributed by atoms with van der Waals surface area (Å²) in [6.07, 6.45) is 0. The van der Waals surface area contributed by atoms with E-state index in [0.29, 0.717) is 17.2 Å². The number of carbonyl (C=O) groups is 2. The Labute approximate surface area is 163 Å². The third kappa shape index (κ3) is 4.76. The highest BCUT2D eigenvalue weighted by molar-refractivity contribution is 5.97. The van der Waals surface area contributed by atoms with Crippen LogP contribution in [0.2, 0.25) is 0 Å². The summed E-state index contributed by atoms with van der Waals surface area (Å²) in [5.41, 5.74) is 3.00. The van der Waals surface area contributed by atoms with Gasteiger partial charge in [0.15, 0.2) is 6.61 Å². The number of nitrogens with one attached hydrogen (secondary N) is 1. The molecule has 0 bridgehead atoms. The van der Waals surface area contributed by atoms with Crippen molar-refractivity contribution < 1.29 is 19.1 Å². The van der Waals surface area contributed by atoms with Crippen LogP contribution in [-0.2, 0) is 9.53 Å². The second-order valence-electron chi connectivity index (χ2n) is 6.28. The highest BCUT2D eigenvalue weighted by Gasteiger charge is 2.16. The van der Waals surface area contributed by atoms with Crippen LogP contribution in [0.1, 0.15) is 21.5 Å². The lowest BCUT2D eigenvalue weighted by Crippen LogP contribution is -2.21. The molecule has 0 aliphatic heterocycles. The molecule has 0 saturated carbocycles. The molecule has 0 saturated heterocycles. The quantitative estimate of drug-likeness (QED) is 0.623. The number of hydrogen-bond acceptors (Lipinski definition) is 4. The van der Waals surface area contributed by atoms with Gasteiger partial charge in [0.05, 0.1) is 0 Å². The molecule has 5 nitrogen and oxygen atoms in total. The van der Waals surface area contributed by atoms with E-state index in [1.807, 2.05) is 50.2 Å². The van der Waals surface area contributed by atoms with E-state index in [4.69, 9.17) is 9.47 Å². The summed E-state index contributed by atoms with van der Waals surface area (Å²) in [5, 5.41) is 2.76. The first-order valence-electron chi connectivity index (χ1n) is 8.89. The van der Waals surface area contributed by atoms with E-state index in [0.717, 1.165) is 11.1 Å². The van der Waals surface area contributed by atoms with Crippen molar-refractivity contribution >= 4 is 17.6 Å². The first-order chi connectivity index (χ1) is 13.5. The van der Waals surface area contributed by atoms with Gasteiger partial charge in [-0.05, 0) is 55.3 Å². The Balaban J connectivity index is 1.63. The molecule has 0 fully saturated rings. The van der Waals surface area contributed by atoms with E-state index in [9.17, 15) is 9.59 Å². The summed E-state index contributed by atoms with van der Waals surface area (Å²) in [4.78, 5) is 24.6. The summed E-state index contributed by atoms with van der Waals surface area (Å²) in [7, 11) is 0. The Hall–Kier alpha value is -3.60. The monoisotopic (exact) mass is 375 g/mol. The number of amides is 1. The predicted molar refractivity (Wildman–Crippen MR) is 108 cm³/mol. The van der Waals surface area contributed by atoms with Crippen LogP contribution in [0.4, 0.5) is 5.69 Å². The largest absolute Gasteiger partial charge is 0.456 e. The van der Waals surface area contributed by atoms with Gasteiger partial charge in [-0.25, -0.2) is 4.79 Å². The molecule has 3 aromatic rings. The lowest BCUT2D eigenvalue weighted by molar-refractivity contribution is -0.119. The number of anilines is 1. The third-order valence-electron chi connectivity index (χ3n) is 4.29. The Bertz CT molecular complexity index is 983. The van der Waals surface area contributed by atoms with Crippen LogP contribution in [0.5, 0.6) is 11.5 Å². The van der Waals surface area contributed by atoms with E-state index in [-0.39, 0.29) is 12.2 Å². The summed E-state index contributed by atoms with van der Waals surface area (Å²) in [6.45, 7) is 3.51. The summed E-state index contributed by atoms with van der Waals surface area (Å²) < 4.78 is 10.9. The molecule has 0 heterocycles. The molecule has 3 rings (SSSR count). The summed E-state index contributed by atoms with van der Waals surface area (Å²) in [5.74, 6) is -0.0461. The molecule has 0 radical (unpaired) electrons. The van der Waals surface area contributed by atoms with Crippen molar-refractivity contribution in [1.29, 1.82) is 0 Å². The van der Waals surface area contributed by atoms with Crippen LogP contribution in [0.3, 0.4) is 0 Å². The predicted octanol–water partition coefficient (Wildman–Crippen LogP) is 4.89. The molecule has 0 unspecified atom stereocenters. The maximum absolute atomic E-state index is 12.5. The molecule has 0 aliphatic carbocycles. The minimum Gasteiger partial charge on any atom is -0.456 e. The molecule has 1 N–H and O–H groups in total. The highest BCUT2D eigenvalue weighted by Crippen LogP contribution is 2.25. The van der Waals surface area contributed by atoms with E-state index >= 15 is 0 Å². The fourth-order valence-corrected chi connectivity index (χ4v) is 2.62. The van der Waals surface area contributed by atoms with Crippen molar-refractivity contribution in [2.24, 2.45) is 0 Å². The van der Waals surface area contributed by atoms with Gasteiger partial charge in [-0.15, -0.1) is 0 Å². The number of para-hydroxylation sites is 2. The van der Waals surface area contributed by atoms with Gasteiger partial charge >= 0.3 is 5.97 Å². The first-order valence-corrected chi connectivity index (χ1v) is 8.89. The molecular weight excluding hydrogens is 354 g/mol. The molecule has 28 heavy (non-hydrogen) atoms. The van der Waals surface area contributed by atoms with Crippen LogP contribution < -0.4 is 10.1 Å². The molecule has 0 atom stereocenters. The molecule has 0 spiro atoms. The Kier molecular flexibility index (Phi) is 6.07. The van der Waals surface area contributed by atoms with E-state index in [2.05, 4.69) is 5.32 Å². The fraction of sp³-hybridized carbons (Fsp3) is 0.130. The zero-order valence-electron chi connectivity index (χ0n) is 15.8. The maximum atomic E-state index is 12.5. The zero-order chi connectivity index (χ0) is 19.9. The second kappa shape index (κ2) is 8.86. The minimum absolute atomic E-state index is 0.255. The number of hydrogen-bond donors (Lipinski definition) is 1. The Morgan fingerprint density at radius 2 is 1.57 bits per heavy atom. The van der Waals surface area contributed by atoms with Gasteiger partial charge in [-0.2, -0.15) is 0 Å². The van der Waals surface area contributed by atoms with Gasteiger partial charge in [0.25, 0.3) is 5.91 Å². The van der Waals surface area contributed by atoms with Crippen LogP contribution >= 0.6 is 0 Å². The third-order valence-corrected chi connectivity index (χ3v) is 4.29. The van der Waals surface area contributed by atoms with Crippen LogP contribution in [0.25, 0.3) is 0 Å². The van der Waals surface area contributed by atoms with Crippen LogP contribution in [0, 0.1) is 13.8 Å². The van der Waals surface area contributed by atoms with E-state index < -0.39 is 11.9 Å². The lowest BCUT2D eigenvalue weighted by atomic mass is 10.1. The number of benzene rings is 3. The number of carbonyl (C=O) groups excluding carboxylic acids is 2. The van der Waals surface area contributed by atoms with Gasteiger partial charge in [-0.1, -0.05) is 42.5 Å². The molecular formula is C23H21NO4. The van der Waals surface area contributed by atoms with Crippen molar-refractivity contribution in [2.75, 3.05) is 11.9 Å². The van der Waals surface area contributed by atoms with Crippen LogP contribution in [0.15, 0.2) is 72.8 Å². The molecule has 3 aromatic carbocycles. The van der Waals surface area contributed by atoms with Gasteiger partial charge in [0.1, 0.15) is 17.1 Å². The normalized spacial score (nSPS) is 10.2. The average molecular weight is 375 g/mol. The molecule has 0 aliphatic rings. The summed E-state index contributed by atoms with van der Waals surface area (Å²) in [6, 6.07) is 21.5. The van der Waals surface area contributed by atoms with Gasteiger partial charge in [-0.3, -0.25) is 4.79 Å². The van der Waals surface area contributed by atoms with E-state index in [1.165, 1.54) is 0 Å². The molecule has 5 heteroatoms. The van der Waals surface area contributed by atoms with Crippen molar-refractivity contribution in [3.8, 4) is 11.5 Å². The number of ether oxygens (including phenoxy) is 2. The number of aryl methyl sites for hydroxylation is 1. The fourth-order valence-electron chi connectivity index (χ4n) is 2.62. The first kappa shape index (κ1) is 19.2. The lowest BCUT2D eigenvalue weighted by Gasteiger charge is -2.12. The summed E-state index contributed by atoms with van der Waals surface area (Å²) >= 11 is 0. The van der Waals surface area contributed by atoms with Gasteiger partial charge < -0.3 is 14.8 Å². The molecule has 1 amide bonds. The topological polar surface area (TPSA) is 64.6 Å². The van der Waals surface area contributed by atoms with E-state index in [1.54, 1.807) is 36.4 Å². The highest BCUT2D eigenvalue weighted by atomic mass is 16.5. The van der Waals surface area contributed by atoms with Crippen molar-refractivity contribution in [1.82, 2.24) is 0 Å². The average Bonchev–Trinajstić information content (AvgIpc) is 2.71. The Morgan fingerprint density at radius 3 is 2.36 bits per heavy atom.